The average molecular weight is 220 g/mol. The van der Waals surface area contributed by atoms with Crippen molar-refractivity contribution in [2.24, 2.45) is 5.92 Å². The summed E-state index contributed by atoms with van der Waals surface area (Å²) in [5.41, 5.74) is 1.42. The first-order valence-corrected chi connectivity index (χ1v) is 6.66. The maximum Gasteiger partial charge on any atom is 0.0223 e. The molecule has 1 aliphatic rings. The van der Waals surface area contributed by atoms with Gasteiger partial charge in [-0.15, -0.1) is 0 Å². The molecule has 1 aromatic heterocycles. The Morgan fingerprint density at radius 2 is 2.06 bits per heavy atom. The number of nitrogens with zero attached hydrogens (tertiary/aromatic N) is 1. The minimum Gasteiger partial charge on any atom is -0.354 e. The van der Waals surface area contributed by atoms with Gasteiger partial charge in [0.2, 0.25) is 0 Å². The van der Waals surface area contributed by atoms with Crippen molar-refractivity contribution in [2.45, 2.75) is 58.7 Å². The van der Waals surface area contributed by atoms with Crippen LogP contribution in [0.15, 0.2) is 18.5 Å². The predicted molar refractivity (Wildman–Crippen MR) is 68.4 cm³/mol. The minimum absolute atomic E-state index is 0.751. The Morgan fingerprint density at radius 3 is 2.69 bits per heavy atom. The van der Waals surface area contributed by atoms with Crippen LogP contribution in [0.1, 0.15) is 45.1 Å². The van der Waals surface area contributed by atoms with Crippen LogP contribution in [0, 0.1) is 5.92 Å². The van der Waals surface area contributed by atoms with E-state index in [4.69, 9.17) is 0 Å². The van der Waals surface area contributed by atoms with Crippen molar-refractivity contribution in [1.82, 2.24) is 9.88 Å². The van der Waals surface area contributed by atoms with E-state index in [1.807, 2.05) is 0 Å². The first kappa shape index (κ1) is 11.7. The molecule has 16 heavy (non-hydrogen) atoms. The van der Waals surface area contributed by atoms with Gasteiger partial charge in [0, 0.05) is 31.5 Å². The second-order valence-corrected chi connectivity index (χ2v) is 5.19. The zero-order chi connectivity index (χ0) is 11.4. The standard InChI is InChI=1S/C14H24N2/c1-3-16-9-8-13(11-16)10-15-14-6-4-12(2)5-7-14/h8-9,11-12,14-15H,3-7,10H2,1-2H3. The van der Waals surface area contributed by atoms with Crippen molar-refractivity contribution in [3.8, 4) is 0 Å². The summed E-state index contributed by atoms with van der Waals surface area (Å²) in [5.74, 6) is 0.944. The van der Waals surface area contributed by atoms with Crippen molar-refractivity contribution in [3.63, 3.8) is 0 Å². The minimum atomic E-state index is 0.751. The Bertz CT molecular complexity index is 308. The average Bonchev–Trinajstić information content (AvgIpc) is 2.76. The first-order chi connectivity index (χ1) is 7.78. The molecule has 1 saturated carbocycles. The van der Waals surface area contributed by atoms with Crippen LogP contribution in [0.5, 0.6) is 0 Å². The van der Waals surface area contributed by atoms with Crippen molar-refractivity contribution in [2.75, 3.05) is 0 Å². The summed E-state index contributed by atoms with van der Waals surface area (Å²) in [6.45, 7) is 6.66. The highest BCUT2D eigenvalue weighted by Crippen LogP contribution is 2.23. The topological polar surface area (TPSA) is 17.0 Å². The van der Waals surface area contributed by atoms with Gasteiger partial charge < -0.3 is 9.88 Å². The van der Waals surface area contributed by atoms with Crippen LogP contribution in [0.4, 0.5) is 0 Å². The second-order valence-electron chi connectivity index (χ2n) is 5.19. The number of nitrogens with one attached hydrogen (secondary N) is 1. The fraction of sp³-hybridized carbons (Fsp3) is 0.714. The molecule has 0 atom stereocenters. The number of hydrogen-bond donors (Lipinski definition) is 1. The quantitative estimate of drug-likeness (QED) is 0.824. The summed E-state index contributed by atoms with van der Waals surface area (Å²) < 4.78 is 2.24. The molecular weight excluding hydrogens is 196 g/mol. The molecule has 2 nitrogen and oxygen atoms in total. The molecule has 0 radical (unpaired) electrons. The fourth-order valence-electron chi connectivity index (χ4n) is 2.52. The fourth-order valence-corrected chi connectivity index (χ4v) is 2.52. The molecule has 1 N–H and O–H groups in total. The number of aromatic nitrogens is 1. The Balaban J connectivity index is 1.74. The zero-order valence-corrected chi connectivity index (χ0v) is 10.6. The molecule has 2 rings (SSSR count). The SMILES string of the molecule is CCn1ccc(CNC2CCC(C)CC2)c1. The normalized spacial score (nSPS) is 25.9. The van der Waals surface area contributed by atoms with Crippen molar-refractivity contribution < 1.29 is 0 Å². The molecule has 0 bridgehead atoms. The van der Waals surface area contributed by atoms with Crippen LogP contribution < -0.4 is 5.32 Å². The lowest BCUT2D eigenvalue weighted by Gasteiger charge is -2.26. The summed E-state index contributed by atoms with van der Waals surface area (Å²) in [6.07, 6.45) is 9.92. The van der Waals surface area contributed by atoms with Crippen LogP contribution in [-0.4, -0.2) is 10.6 Å². The molecule has 0 spiro atoms. The molecule has 0 aliphatic heterocycles. The second kappa shape index (κ2) is 5.53. The van der Waals surface area contributed by atoms with Gasteiger partial charge in [-0.3, -0.25) is 0 Å². The van der Waals surface area contributed by atoms with Gasteiger partial charge in [-0.05, 0) is 50.2 Å². The van der Waals surface area contributed by atoms with E-state index in [9.17, 15) is 0 Å². The van der Waals surface area contributed by atoms with Gasteiger partial charge in [0.15, 0.2) is 0 Å². The summed E-state index contributed by atoms with van der Waals surface area (Å²) in [6, 6.07) is 2.98. The maximum atomic E-state index is 3.68. The number of rotatable bonds is 4. The van der Waals surface area contributed by atoms with Gasteiger partial charge in [-0.1, -0.05) is 6.92 Å². The third-order valence-electron chi connectivity index (χ3n) is 3.79. The molecule has 0 aromatic carbocycles. The molecular formula is C14H24N2. The summed E-state index contributed by atoms with van der Waals surface area (Å²) in [7, 11) is 0. The van der Waals surface area contributed by atoms with Gasteiger partial charge >= 0.3 is 0 Å². The Morgan fingerprint density at radius 1 is 1.31 bits per heavy atom. The zero-order valence-electron chi connectivity index (χ0n) is 10.6. The van der Waals surface area contributed by atoms with Crippen LogP contribution in [0.25, 0.3) is 0 Å². The Labute approximate surface area is 99.0 Å². The van der Waals surface area contributed by atoms with Crippen molar-refractivity contribution >= 4 is 0 Å². The summed E-state index contributed by atoms with van der Waals surface area (Å²) in [4.78, 5) is 0. The van der Waals surface area contributed by atoms with E-state index < -0.39 is 0 Å². The smallest absolute Gasteiger partial charge is 0.0223 e. The predicted octanol–water partition coefficient (Wildman–Crippen LogP) is 3.18. The van der Waals surface area contributed by atoms with Crippen molar-refractivity contribution in [3.05, 3.63) is 24.0 Å². The Hall–Kier alpha value is -0.760. The number of hydrogen-bond acceptors (Lipinski definition) is 1. The number of aryl methyl sites for hydroxylation is 1. The van der Waals surface area contributed by atoms with E-state index >= 15 is 0 Å². The van der Waals surface area contributed by atoms with E-state index in [-0.39, 0.29) is 0 Å². The molecule has 1 fully saturated rings. The first-order valence-electron chi connectivity index (χ1n) is 6.66. The molecule has 1 aliphatic carbocycles. The van der Waals surface area contributed by atoms with Crippen molar-refractivity contribution in [1.29, 1.82) is 0 Å². The lowest BCUT2D eigenvalue weighted by Crippen LogP contribution is -2.32. The Kier molecular flexibility index (Phi) is 4.05. The monoisotopic (exact) mass is 220 g/mol. The molecule has 0 saturated heterocycles. The maximum absolute atomic E-state index is 3.68. The highest BCUT2D eigenvalue weighted by molar-refractivity contribution is 5.10. The van der Waals surface area contributed by atoms with E-state index in [0.717, 1.165) is 25.0 Å². The van der Waals surface area contributed by atoms with Gasteiger partial charge in [0.25, 0.3) is 0 Å². The van der Waals surface area contributed by atoms with E-state index in [1.54, 1.807) is 0 Å². The summed E-state index contributed by atoms with van der Waals surface area (Å²) in [5, 5.41) is 3.68. The molecule has 1 aromatic rings. The van der Waals surface area contributed by atoms with Crippen LogP contribution in [0.2, 0.25) is 0 Å². The van der Waals surface area contributed by atoms with Crippen LogP contribution >= 0.6 is 0 Å². The lowest BCUT2D eigenvalue weighted by molar-refractivity contribution is 0.306. The highest BCUT2D eigenvalue weighted by Gasteiger charge is 2.17. The lowest BCUT2D eigenvalue weighted by atomic mass is 9.87. The van der Waals surface area contributed by atoms with Gasteiger partial charge in [0.1, 0.15) is 0 Å². The molecule has 1 heterocycles. The highest BCUT2D eigenvalue weighted by atomic mass is 14.9. The summed E-state index contributed by atoms with van der Waals surface area (Å²) >= 11 is 0. The molecule has 0 unspecified atom stereocenters. The molecule has 2 heteroatoms. The third kappa shape index (κ3) is 3.11. The van der Waals surface area contributed by atoms with Gasteiger partial charge in [-0.25, -0.2) is 0 Å². The van der Waals surface area contributed by atoms with Crippen LogP contribution in [0.3, 0.4) is 0 Å². The third-order valence-corrected chi connectivity index (χ3v) is 3.79. The van der Waals surface area contributed by atoms with E-state index in [1.165, 1.54) is 31.2 Å². The van der Waals surface area contributed by atoms with Gasteiger partial charge in [-0.2, -0.15) is 0 Å². The largest absolute Gasteiger partial charge is 0.354 e. The van der Waals surface area contributed by atoms with E-state index in [0.29, 0.717) is 0 Å². The van der Waals surface area contributed by atoms with E-state index in [2.05, 4.69) is 42.2 Å². The van der Waals surface area contributed by atoms with Crippen LogP contribution in [-0.2, 0) is 13.1 Å². The molecule has 90 valence electrons. The van der Waals surface area contributed by atoms with Gasteiger partial charge in [0.05, 0.1) is 0 Å². The molecule has 0 amide bonds.